The number of carbonyl (C=O) groups excluding carboxylic acids is 2. The molecule has 146 valence electrons. The van der Waals surface area contributed by atoms with Gasteiger partial charge in [0.1, 0.15) is 0 Å². The molecular formula is C18H22N2O6S. The lowest BCUT2D eigenvalue weighted by molar-refractivity contribution is -0.144. The van der Waals surface area contributed by atoms with Gasteiger partial charge >= 0.3 is 11.9 Å². The van der Waals surface area contributed by atoms with Gasteiger partial charge in [0.2, 0.25) is 0 Å². The Balaban J connectivity index is 2.48. The van der Waals surface area contributed by atoms with Crippen molar-refractivity contribution in [2.24, 2.45) is 0 Å². The lowest BCUT2D eigenvalue weighted by Gasteiger charge is -2.15. The number of hydrogen-bond donors (Lipinski definition) is 1. The Morgan fingerprint density at radius 1 is 1.30 bits per heavy atom. The molecule has 1 atom stereocenters. The maximum absolute atomic E-state index is 12.8. The zero-order valence-electron chi connectivity index (χ0n) is 15.6. The number of aromatic nitrogens is 2. The first-order valence-electron chi connectivity index (χ1n) is 8.36. The molecular weight excluding hydrogens is 372 g/mol. The zero-order chi connectivity index (χ0) is 20.1. The van der Waals surface area contributed by atoms with Gasteiger partial charge in [-0.2, -0.15) is 0 Å². The van der Waals surface area contributed by atoms with Crippen molar-refractivity contribution in [3.63, 3.8) is 0 Å². The second-order valence-electron chi connectivity index (χ2n) is 6.21. The van der Waals surface area contributed by atoms with Crippen LogP contribution in [0.4, 0.5) is 0 Å². The smallest absolute Gasteiger partial charge is 0.337 e. The summed E-state index contributed by atoms with van der Waals surface area (Å²) in [5, 5.41) is 10.3. The standard InChI is InChI=1S/C18H22N2O6S/c1-10(2)26-15(22)9-27-18-19-14-7-12(17(24)25-4)5-6-13(14)16(23)20(18)8-11(3)21/h5-7,10-11,21H,8-9H2,1-4H3/t11-/m0/s1. The van der Waals surface area contributed by atoms with E-state index < -0.39 is 18.0 Å². The van der Waals surface area contributed by atoms with Crippen LogP contribution in [0.1, 0.15) is 31.1 Å². The van der Waals surface area contributed by atoms with Crippen molar-refractivity contribution < 1.29 is 24.2 Å². The minimum Gasteiger partial charge on any atom is -0.465 e. The van der Waals surface area contributed by atoms with Crippen LogP contribution < -0.4 is 5.56 Å². The predicted molar refractivity (Wildman–Crippen MR) is 101 cm³/mol. The first-order valence-corrected chi connectivity index (χ1v) is 9.34. The molecule has 0 aliphatic rings. The minimum atomic E-state index is -0.779. The average Bonchev–Trinajstić information content (AvgIpc) is 2.60. The van der Waals surface area contributed by atoms with Crippen molar-refractivity contribution in [1.29, 1.82) is 0 Å². The van der Waals surface area contributed by atoms with E-state index in [0.29, 0.717) is 10.9 Å². The van der Waals surface area contributed by atoms with Crippen LogP contribution in [0.5, 0.6) is 0 Å². The number of methoxy groups -OCH3 is 1. The van der Waals surface area contributed by atoms with Crippen LogP contribution in [-0.2, 0) is 20.8 Å². The topological polar surface area (TPSA) is 108 Å². The van der Waals surface area contributed by atoms with Crippen LogP contribution in [0.15, 0.2) is 28.2 Å². The summed E-state index contributed by atoms with van der Waals surface area (Å²) in [5.41, 5.74) is 0.210. The van der Waals surface area contributed by atoms with Gasteiger partial charge in [-0.05, 0) is 39.0 Å². The number of esters is 2. The minimum absolute atomic E-state index is 0.0298. The third kappa shape index (κ3) is 5.30. The molecule has 0 radical (unpaired) electrons. The lowest BCUT2D eigenvalue weighted by atomic mass is 10.1. The molecule has 0 bridgehead atoms. The van der Waals surface area contributed by atoms with E-state index in [1.807, 2.05) is 0 Å². The summed E-state index contributed by atoms with van der Waals surface area (Å²) in [4.78, 5) is 40.8. The van der Waals surface area contributed by atoms with E-state index in [4.69, 9.17) is 4.74 Å². The van der Waals surface area contributed by atoms with Crippen LogP contribution >= 0.6 is 11.8 Å². The molecule has 9 heteroatoms. The highest BCUT2D eigenvalue weighted by Gasteiger charge is 2.17. The fourth-order valence-electron chi connectivity index (χ4n) is 2.40. The third-order valence-electron chi connectivity index (χ3n) is 3.47. The van der Waals surface area contributed by atoms with Gasteiger partial charge in [0.25, 0.3) is 5.56 Å². The Morgan fingerprint density at radius 3 is 2.59 bits per heavy atom. The summed E-state index contributed by atoms with van der Waals surface area (Å²) >= 11 is 1.04. The number of nitrogens with zero attached hydrogens (tertiary/aromatic N) is 2. The number of thioether (sulfide) groups is 1. The summed E-state index contributed by atoms with van der Waals surface area (Å²) in [5.74, 6) is -1.01. The Kier molecular flexibility index (Phi) is 6.98. The Bertz CT molecular complexity index is 907. The maximum atomic E-state index is 12.8. The van der Waals surface area contributed by atoms with Crippen LogP contribution in [-0.4, -0.2) is 51.7 Å². The molecule has 2 aromatic rings. The first kappa shape index (κ1) is 20.9. The van der Waals surface area contributed by atoms with E-state index >= 15 is 0 Å². The van der Waals surface area contributed by atoms with E-state index in [1.54, 1.807) is 20.8 Å². The molecule has 0 unspecified atom stereocenters. The number of hydrogen-bond acceptors (Lipinski definition) is 8. The molecule has 1 N–H and O–H groups in total. The number of ether oxygens (including phenoxy) is 2. The van der Waals surface area contributed by atoms with Gasteiger partial charge in [-0.15, -0.1) is 0 Å². The van der Waals surface area contributed by atoms with Crippen LogP contribution in [0, 0.1) is 0 Å². The van der Waals surface area contributed by atoms with Gasteiger partial charge in [0.15, 0.2) is 5.16 Å². The number of carbonyl (C=O) groups is 2. The molecule has 0 aliphatic heterocycles. The van der Waals surface area contributed by atoms with Crippen LogP contribution in [0.3, 0.4) is 0 Å². The van der Waals surface area contributed by atoms with Crippen molar-refractivity contribution in [1.82, 2.24) is 9.55 Å². The molecule has 0 spiro atoms. The monoisotopic (exact) mass is 394 g/mol. The summed E-state index contributed by atoms with van der Waals surface area (Å²) < 4.78 is 11.1. The van der Waals surface area contributed by atoms with E-state index in [-0.39, 0.29) is 34.7 Å². The van der Waals surface area contributed by atoms with Crippen molar-refractivity contribution in [3.8, 4) is 0 Å². The Morgan fingerprint density at radius 2 is 2.00 bits per heavy atom. The number of aliphatic hydroxyl groups is 1. The highest BCUT2D eigenvalue weighted by Crippen LogP contribution is 2.20. The molecule has 0 aliphatic carbocycles. The largest absolute Gasteiger partial charge is 0.465 e. The zero-order valence-corrected chi connectivity index (χ0v) is 16.4. The molecule has 0 saturated heterocycles. The van der Waals surface area contributed by atoms with E-state index in [0.717, 1.165) is 11.8 Å². The van der Waals surface area contributed by atoms with Gasteiger partial charge in [0.05, 0.1) is 48.1 Å². The molecule has 2 rings (SSSR count). The molecule has 1 aromatic heterocycles. The first-order chi connectivity index (χ1) is 12.7. The Hall–Kier alpha value is -2.39. The van der Waals surface area contributed by atoms with Crippen molar-refractivity contribution in [3.05, 3.63) is 34.1 Å². The fraction of sp³-hybridized carbons (Fsp3) is 0.444. The molecule has 1 heterocycles. The maximum Gasteiger partial charge on any atom is 0.337 e. The summed E-state index contributed by atoms with van der Waals surface area (Å²) in [7, 11) is 1.27. The summed E-state index contributed by atoms with van der Waals surface area (Å²) in [6.07, 6.45) is -1.02. The summed E-state index contributed by atoms with van der Waals surface area (Å²) in [6, 6.07) is 4.44. The van der Waals surface area contributed by atoms with Crippen molar-refractivity contribution >= 4 is 34.6 Å². The quantitative estimate of drug-likeness (QED) is 0.429. The van der Waals surface area contributed by atoms with Gasteiger partial charge in [-0.25, -0.2) is 9.78 Å². The van der Waals surface area contributed by atoms with Gasteiger partial charge < -0.3 is 14.6 Å². The second kappa shape index (κ2) is 9.01. The molecule has 1 aromatic carbocycles. The predicted octanol–water partition coefficient (Wildman–Crippen LogP) is 1.61. The summed E-state index contributed by atoms with van der Waals surface area (Å²) in [6.45, 7) is 5.07. The highest BCUT2D eigenvalue weighted by atomic mass is 32.2. The average molecular weight is 394 g/mol. The number of fused-ring (bicyclic) bond motifs is 1. The van der Waals surface area contributed by atoms with Crippen molar-refractivity contribution in [2.75, 3.05) is 12.9 Å². The number of benzene rings is 1. The van der Waals surface area contributed by atoms with E-state index in [1.165, 1.54) is 29.9 Å². The fourth-order valence-corrected chi connectivity index (χ4v) is 3.19. The Labute approximate surface area is 160 Å². The number of rotatable bonds is 7. The number of aliphatic hydroxyl groups excluding tert-OH is 1. The van der Waals surface area contributed by atoms with Gasteiger partial charge in [-0.3, -0.25) is 14.2 Å². The van der Waals surface area contributed by atoms with Crippen LogP contribution in [0.2, 0.25) is 0 Å². The molecule has 0 amide bonds. The van der Waals surface area contributed by atoms with Crippen molar-refractivity contribution in [2.45, 2.75) is 44.7 Å². The molecule has 8 nitrogen and oxygen atoms in total. The highest BCUT2D eigenvalue weighted by molar-refractivity contribution is 7.99. The SMILES string of the molecule is COC(=O)c1ccc2c(=O)n(C[C@H](C)O)c(SCC(=O)OC(C)C)nc2c1. The normalized spacial score (nSPS) is 12.2. The van der Waals surface area contributed by atoms with Gasteiger partial charge in [-0.1, -0.05) is 11.8 Å². The van der Waals surface area contributed by atoms with Crippen LogP contribution in [0.25, 0.3) is 10.9 Å². The van der Waals surface area contributed by atoms with Gasteiger partial charge in [0, 0.05) is 0 Å². The molecule has 0 saturated carbocycles. The second-order valence-corrected chi connectivity index (χ2v) is 7.15. The molecule has 27 heavy (non-hydrogen) atoms. The van der Waals surface area contributed by atoms with E-state index in [2.05, 4.69) is 9.72 Å². The molecule has 0 fully saturated rings. The lowest BCUT2D eigenvalue weighted by Crippen LogP contribution is -2.28. The van der Waals surface area contributed by atoms with E-state index in [9.17, 15) is 19.5 Å². The third-order valence-corrected chi connectivity index (χ3v) is 4.42.